The van der Waals surface area contributed by atoms with Gasteiger partial charge in [0.2, 0.25) is 5.91 Å². The Hall–Kier alpha value is -1.84. The summed E-state index contributed by atoms with van der Waals surface area (Å²) in [6, 6.07) is 4.02. The van der Waals surface area contributed by atoms with Gasteiger partial charge in [-0.3, -0.25) is 4.79 Å². The van der Waals surface area contributed by atoms with Crippen molar-refractivity contribution in [3.63, 3.8) is 0 Å². The molecule has 4 nitrogen and oxygen atoms in total. The zero-order chi connectivity index (χ0) is 14.0. The van der Waals surface area contributed by atoms with E-state index in [4.69, 9.17) is 0 Å². The first kappa shape index (κ1) is 13.6. The molecular weight excluding hydrogens is 238 g/mol. The first-order valence-corrected chi connectivity index (χ1v) is 6.69. The van der Waals surface area contributed by atoms with Crippen LogP contribution in [0.1, 0.15) is 30.8 Å². The van der Waals surface area contributed by atoms with Crippen molar-refractivity contribution in [2.75, 3.05) is 6.54 Å². The molecule has 0 aliphatic carbocycles. The number of amides is 1. The average Bonchev–Trinajstić information content (AvgIpc) is 2.66. The largest absolute Gasteiger partial charge is 0.356 e. The van der Waals surface area contributed by atoms with Crippen LogP contribution >= 0.6 is 0 Å². The van der Waals surface area contributed by atoms with Gasteiger partial charge in [-0.05, 0) is 31.4 Å². The molecule has 0 radical (unpaired) electrons. The zero-order valence-corrected chi connectivity index (χ0v) is 12.0. The minimum atomic E-state index is 0.0557. The SMILES string of the molecule is Cc1nc2c(C)cccn2c1CC(=O)NCC(C)C. The van der Waals surface area contributed by atoms with Crippen molar-refractivity contribution < 1.29 is 4.79 Å². The molecule has 0 aliphatic rings. The molecule has 2 rings (SSSR count). The fourth-order valence-electron chi connectivity index (χ4n) is 2.11. The fraction of sp³-hybridized carbons (Fsp3) is 0.467. The van der Waals surface area contributed by atoms with E-state index in [0.29, 0.717) is 18.9 Å². The molecular formula is C15H21N3O. The van der Waals surface area contributed by atoms with E-state index in [1.165, 1.54) is 0 Å². The van der Waals surface area contributed by atoms with Crippen LogP contribution in [0, 0.1) is 19.8 Å². The number of aromatic nitrogens is 2. The highest BCUT2D eigenvalue weighted by Crippen LogP contribution is 2.15. The number of fused-ring (bicyclic) bond motifs is 1. The molecule has 2 heterocycles. The van der Waals surface area contributed by atoms with Crippen LogP contribution in [-0.2, 0) is 11.2 Å². The maximum Gasteiger partial charge on any atom is 0.226 e. The monoisotopic (exact) mass is 259 g/mol. The number of nitrogens with zero attached hydrogens (tertiary/aromatic N) is 2. The van der Waals surface area contributed by atoms with Crippen LogP contribution in [0.2, 0.25) is 0 Å². The van der Waals surface area contributed by atoms with Crippen LogP contribution in [0.25, 0.3) is 5.65 Å². The van der Waals surface area contributed by atoms with Gasteiger partial charge in [-0.2, -0.15) is 0 Å². The number of hydrogen-bond donors (Lipinski definition) is 1. The van der Waals surface area contributed by atoms with E-state index in [1.54, 1.807) is 0 Å². The molecule has 0 saturated carbocycles. The fourth-order valence-corrected chi connectivity index (χ4v) is 2.11. The lowest BCUT2D eigenvalue weighted by Crippen LogP contribution is -2.29. The quantitative estimate of drug-likeness (QED) is 0.915. The highest BCUT2D eigenvalue weighted by atomic mass is 16.1. The molecule has 0 aliphatic heterocycles. The summed E-state index contributed by atoms with van der Waals surface area (Å²) in [7, 11) is 0. The molecule has 0 atom stereocenters. The van der Waals surface area contributed by atoms with E-state index in [-0.39, 0.29) is 5.91 Å². The summed E-state index contributed by atoms with van der Waals surface area (Å²) in [6.07, 6.45) is 2.34. The van der Waals surface area contributed by atoms with Crippen molar-refractivity contribution >= 4 is 11.6 Å². The smallest absolute Gasteiger partial charge is 0.226 e. The third-order valence-corrected chi connectivity index (χ3v) is 3.18. The second-order valence-electron chi connectivity index (χ2n) is 5.40. The van der Waals surface area contributed by atoms with Gasteiger partial charge in [-0.25, -0.2) is 4.98 Å². The molecule has 0 bridgehead atoms. The predicted molar refractivity (Wildman–Crippen MR) is 76.2 cm³/mol. The highest BCUT2D eigenvalue weighted by molar-refractivity contribution is 5.78. The summed E-state index contributed by atoms with van der Waals surface area (Å²) >= 11 is 0. The maximum atomic E-state index is 11.9. The predicted octanol–water partition coefficient (Wildman–Crippen LogP) is 2.27. The summed E-state index contributed by atoms with van der Waals surface area (Å²) in [5, 5.41) is 2.95. The standard InChI is InChI=1S/C15H21N3O/c1-10(2)9-16-14(19)8-13-12(4)17-15-11(3)6-5-7-18(13)15/h5-7,10H,8-9H2,1-4H3,(H,16,19). The summed E-state index contributed by atoms with van der Waals surface area (Å²) < 4.78 is 2.01. The topological polar surface area (TPSA) is 46.4 Å². The second-order valence-corrected chi connectivity index (χ2v) is 5.40. The number of carbonyl (C=O) groups is 1. The van der Waals surface area contributed by atoms with E-state index >= 15 is 0 Å². The number of aryl methyl sites for hydroxylation is 2. The summed E-state index contributed by atoms with van der Waals surface area (Å²) in [4.78, 5) is 16.5. The number of hydrogen-bond acceptors (Lipinski definition) is 2. The highest BCUT2D eigenvalue weighted by Gasteiger charge is 2.13. The van der Waals surface area contributed by atoms with E-state index < -0.39 is 0 Å². The minimum Gasteiger partial charge on any atom is -0.356 e. The molecule has 0 unspecified atom stereocenters. The van der Waals surface area contributed by atoms with Crippen molar-refractivity contribution in [2.45, 2.75) is 34.1 Å². The van der Waals surface area contributed by atoms with Crippen molar-refractivity contribution in [1.29, 1.82) is 0 Å². The molecule has 102 valence electrons. The van der Waals surface area contributed by atoms with Crippen LogP contribution in [0.3, 0.4) is 0 Å². The van der Waals surface area contributed by atoms with Crippen LogP contribution < -0.4 is 5.32 Å². The Bertz CT molecular complexity index is 599. The van der Waals surface area contributed by atoms with Crippen molar-refractivity contribution in [1.82, 2.24) is 14.7 Å². The summed E-state index contributed by atoms with van der Waals surface area (Å²) in [5.74, 6) is 0.523. The maximum absolute atomic E-state index is 11.9. The van der Waals surface area contributed by atoms with Gasteiger partial charge in [0.15, 0.2) is 0 Å². The van der Waals surface area contributed by atoms with E-state index in [0.717, 1.165) is 22.6 Å². The van der Waals surface area contributed by atoms with Gasteiger partial charge in [-0.1, -0.05) is 19.9 Å². The Morgan fingerprint density at radius 2 is 2.16 bits per heavy atom. The number of imidazole rings is 1. The molecule has 0 fully saturated rings. The van der Waals surface area contributed by atoms with Crippen LogP contribution in [-0.4, -0.2) is 21.8 Å². The summed E-state index contributed by atoms with van der Waals surface area (Å²) in [5.41, 5.74) is 3.96. The van der Waals surface area contributed by atoms with Crippen LogP contribution in [0.15, 0.2) is 18.3 Å². The third-order valence-electron chi connectivity index (χ3n) is 3.18. The van der Waals surface area contributed by atoms with Crippen molar-refractivity contribution in [3.05, 3.63) is 35.3 Å². The van der Waals surface area contributed by atoms with Crippen LogP contribution in [0.5, 0.6) is 0 Å². The normalized spacial score (nSPS) is 11.2. The van der Waals surface area contributed by atoms with Gasteiger partial charge in [0.05, 0.1) is 17.8 Å². The van der Waals surface area contributed by atoms with Crippen molar-refractivity contribution in [3.8, 4) is 0 Å². The van der Waals surface area contributed by atoms with Gasteiger partial charge >= 0.3 is 0 Å². The number of pyridine rings is 1. The molecule has 0 aromatic carbocycles. The lowest BCUT2D eigenvalue weighted by Gasteiger charge is -2.08. The Balaban J connectivity index is 2.23. The van der Waals surface area contributed by atoms with Gasteiger partial charge in [0, 0.05) is 12.7 Å². The lowest BCUT2D eigenvalue weighted by atomic mass is 10.2. The van der Waals surface area contributed by atoms with Gasteiger partial charge in [0.1, 0.15) is 5.65 Å². The number of carbonyl (C=O) groups excluding carboxylic acids is 1. The van der Waals surface area contributed by atoms with Crippen LogP contribution in [0.4, 0.5) is 0 Å². The molecule has 1 N–H and O–H groups in total. The number of nitrogens with one attached hydrogen (secondary N) is 1. The molecule has 2 aromatic heterocycles. The first-order valence-electron chi connectivity index (χ1n) is 6.69. The Labute approximate surface area is 113 Å². The molecule has 4 heteroatoms. The van der Waals surface area contributed by atoms with E-state index in [9.17, 15) is 4.79 Å². The second kappa shape index (κ2) is 5.43. The summed E-state index contributed by atoms with van der Waals surface area (Å²) in [6.45, 7) is 8.88. The van der Waals surface area contributed by atoms with Gasteiger partial charge in [-0.15, -0.1) is 0 Å². The van der Waals surface area contributed by atoms with Crippen molar-refractivity contribution in [2.24, 2.45) is 5.92 Å². The average molecular weight is 259 g/mol. The van der Waals surface area contributed by atoms with E-state index in [1.807, 2.05) is 36.6 Å². The zero-order valence-electron chi connectivity index (χ0n) is 12.0. The molecule has 1 amide bonds. The Kier molecular flexibility index (Phi) is 3.88. The molecule has 0 spiro atoms. The van der Waals surface area contributed by atoms with Gasteiger partial charge < -0.3 is 9.72 Å². The third kappa shape index (κ3) is 2.95. The Morgan fingerprint density at radius 1 is 1.42 bits per heavy atom. The Morgan fingerprint density at radius 3 is 2.84 bits per heavy atom. The first-order chi connectivity index (χ1) is 8.99. The number of rotatable bonds is 4. The van der Waals surface area contributed by atoms with Gasteiger partial charge in [0.25, 0.3) is 0 Å². The molecule has 2 aromatic rings. The lowest BCUT2D eigenvalue weighted by molar-refractivity contribution is -0.120. The molecule has 0 saturated heterocycles. The molecule has 19 heavy (non-hydrogen) atoms. The van der Waals surface area contributed by atoms with E-state index in [2.05, 4.69) is 24.1 Å². The minimum absolute atomic E-state index is 0.0557.